The molecule has 0 aromatic heterocycles. The quantitative estimate of drug-likeness (QED) is 0.492. The predicted octanol–water partition coefficient (Wildman–Crippen LogP) is 2.51. The predicted molar refractivity (Wildman–Crippen MR) is 50.5 cm³/mol. The Bertz CT molecular complexity index is 174. The van der Waals surface area contributed by atoms with E-state index in [1.807, 2.05) is 0 Å². The Morgan fingerprint density at radius 1 is 1.29 bits per heavy atom. The van der Waals surface area contributed by atoms with Crippen LogP contribution in [0, 0.1) is 0 Å². The third-order valence-corrected chi connectivity index (χ3v) is 5.39. The van der Waals surface area contributed by atoms with E-state index in [-0.39, 0.29) is 6.04 Å². The number of hydrogen-bond acceptors (Lipinski definition) is 2. The van der Waals surface area contributed by atoms with Gasteiger partial charge in [-0.15, -0.1) is 6.58 Å². The van der Waals surface area contributed by atoms with E-state index in [0.29, 0.717) is 6.04 Å². The zero-order valence-corrected chi connectivity index (χ0v) is 9.30. The molecule has 0 heterocycles. The molecule has 0 aliphatic carbocycles. The highest BCUT2D eigenvalue weighted by Crippen LogP contribution is 2.24. The molecule has 0 radical (unpaired) electrons. The Morgan fingerprint density at radius 2 is 1.79 bits per heavy atom. The number of alkyl halides is 3. The molecule has 0 aliphatic rings. The molecule has 0 aliphatic heterocycles. The lowest BCUT2D eigenvalue weighted by atomic mass is 10.5. The van der Waals surface area contributed by atoms with Gasteiger partial charge in [-0.05, 0) is 0 Å². The van der Waals surface area contributed by atoms with Gasteiger partial charge < -0.3 is 8.85 Å². The molecule has 2 nitrogen and oxygen atoms in total. The second kappa shape index (κ2) is 6.21. The second-order valence-electron chi connectivity index (χ2n) is 2.87. The van der Waals surface area contributed by atoms with Crippen LogP contribution in [0.1, 0.15) is 0 Å². The highest BCUT2D eigenvalue weighted by molar-refractivity contribution is 6.68. The molecular weight excluding hydrogens is 213 g/mol. The van der Waals surface area contributed by atoms with Crippen LogP contribution in [0.4, 0.5) is 13.2 Å². The largest absolute Gasteiger partial charge is 0.397 e. The van der Waals surface area contributed by atoms with Crippen LogP contribution in [0.25, 0.3) is 0 Å². The molecule has 0 N–H and O–H groups in total. The maximum atomic E-state index is 12.8. The summed E-state index contributed by atoms with van der Waals surface area (Å²) in [6, 6.07) is -0.0726. The summed E-state index contributed by atoms with van der Waals surface area (Å²) < 4.78 is 46.8. The topological polar surface area (TPSA) is 18.5 Å². The van der Waals surface area contributed by atoms with E-state index in [0.717, 1.165) is 0 Å². The zero-order chi connectivity index (χ0) is 11.2. The van der Waals surface area contributed by atoms with Crippen LogP contribution in [-0.4, -0.2) is 35.4 Å². The van der Waals surface area contributed by atoms with Crippen LogP contribution in [0.3, 0.4) is 0 Å². The van der Waals surface area contributed by atoms with Crippen molar-refractivity contribution >= 4 is 8.56 Å². The van der Waals surface area contributed by atoms with E-state index in [1.54, 1.807) is 0 Å². The summed E-state index contributed by atoms with van der Waals surface area (Å²) in [4.78, 5) is 0. The molecule has 0 fully saturated rings. The van der Waals surface area contributed by atoms with E-state index in [2.05, 4.69) is 6.58 Å². The Morgan fingerprint density at radius 3 is 2.07 bits per heavy atom. The van der Waals surface area contributed by atoms with Gasteiger partial charge in [0.2, 0.25) is 0 Å². The van der Waals surface area contributed by atoms with Gasteiger partial charge >= 0.3 is 8.56 Å². The van der Waals surface area contributed by atoms with Crippen LogP contribution >= 0.6 is 0 Å². The van der Waals surface area contributed by atoms with Gasteiger partial charge in [0.05, 0.1) is 0 Å². The van der Waals surface area contributed by atoms with E-state index >= 15 is 0 Å². The maximum absolute atomic E-state index is 12.8. The normalized spacial score (nSPS) is 14.4. The van der Waals surface area contributed by atoms with E-state index in [9.17, 15) is 13.2 Å². The zero-order valence-electron chi connectivity index (χ0n) is 8.30. The monoisotopic (exact) mass is 228 g/mol. The summed E-state index contributed by atoms with van der Waals surface area (Å²) in [6.45, 7) is 3.46. The lowest BCUT2D eigenvalue weighted by molar-refractivity contribution is 0.0533. The van der Waals surface area contributed by atoms with Crippen molar-refractivity contribution in [3.63, 3.8) is 0 Å². The Hall–Kier alpha value is -0.333. The highest BCUT2D eigenvalue weighted by atomic mass is 28.4. The van der Waals surface area contributed by atoms with Gasteiger partial charge in [0.1, 0.15) is 0 Å². The highest BCUT2D eigenvalue weighted by Gasteiger charge is 2.40. The molecular formula is C8H15F3O2Si. The fourth-order valence-electron chi connectivity index (χ4n) is 1.11. The smallest absolute Gasteiger partial charge is 0.344 e. The molecule has 84 valence electrons. The van der Waals surface area contributed by atoms with Gasteiger partial charge in [-0.2, -0.15) is 0 Å². The van der Waals surface area contributed by atoms with Crippen LogP contribution in [0.2, 0.25) is 12.1 Å². The van der Waals surface area contributed by atoms with Crippen LogP contribution < -0.4 is 0 Å². The minimum Gasteiger partial charge on any atom is -0.397 e. The van der Waals surface area contributed by atoms with Crippen molar-refractivity contribution in [2.45, 2.75) is 24.7 Å². The fourth-order valence-corrected chi connectivity index (χ4v) is 3.32. The lowest BCUT2D eigenvalue weighted by Crippen LogP contribution is -2.43. The first-order valence-corrected chi connectivity index (χ1v) is 6.38. The molecule has 14 heavy (non-hydrogen) atoms. The maximum Gasteiger partial charge on any atom is 0.344 e. The van der Waals surface area contributed by atoms with Crippen molar-refractivity contribution in [3.05, 3.63) is 12.7 Å². The first kappa shape index (κ1) is 13.7. The molecule has 0 bridgehead atoms. The van der Waals surface area contributed by atoms with Gasteiger partial charge in [-0.1, -0.05) is 6.08 Å². The van der Waals surface area contributed by atoms with E-state index < -0.39 is 21.2 Å². The van der Waals surface area contributed by atoms with Crippen LogP contribution in [-0.2, 0) is 8.85 Å². The van der Waals surface area contributed by atoms with E-state index in [1.165, 1.54) is 20.3 Å². The minimum absolute atomic E-state index is 0.299. The Kier molecular flexibility index (Phi) is 6.06. The molecule has 0 amide bonds. The molecule has 1 unspecified atom stereocenters. The minimum atomic E-state index is -2.99. The molecule has 0 saturated carbocycles. The standard InChI is InChI=1S/C8H15F3O2Si/c1-4-5-14(12-2,13-3)6-7(9)8(10)11/h4,7-8H,1,5-6H2,2-3H3. The molecule has 0 spiro atoms. The lowest BCUT2D eigenvalue weighted by Gasteiger charge is -2.27. The Labute approximate surface area is 83.0 Å². The van der Waals surface area contributed by atoms with Crippen molar-refractivity contribution in [1.82, 2.24) is 0 Å². The summed E-state index contributed by atoms with van der Waals surface area (Å²) in [7, 11) is -0.153. The van der Waals surface area contributed by atoms with Crippen LogP contribution in [0.5, 0.6) is 0 Å². The average Bonchev–Trinajstić information content (AvgIpc) is 2.16. The van der Waals surface area contributed by atoms with Crippen molar-refractivity contribution in [2.75, 3.05) is 14.2 Å². The molecule has 1 atom stereocenters. The van der Waals surface area contributed by atoms with Gasteiger partial charge in [0.15, 0.2) is 6.17 Å². The summed E-state index contributed by atoms with van der Waals surface area (Å²) in [5.74, 6) is 0. The first-order valence-electron chi connectivity index (χ1n) is 4.14. The van der Waals surface area contributed by atoms with E-state index in [4.69, 9.17) is 8.85 Å². The summed E-state index contributed by atoms with van der Waals surface area (Å²) in [5.41, 5.74) is 0. The summed E-state index contributed by atoms with van der Waals surface area (Å²) in [5, 5.41) is 0. The molecule has 6 heteroatoms. The average molecular weight is 228 g/mol. The number of rotatable bonds is 7. The third kappa shape index (κ3) is 3.81. The number of halogens is 3. The van der Waals surface area contributed by atoms with Crippen molar-refractivity contribution in [2.24, 2.45) is 0 Å². The summed E-state index contributed by atoms with van der Waals surface area (Å²) in [6.07, 6.45) is -3.68. The Balaban J connectivity index is 4.40. The van der Waals surface area contributed by atoms with Crippen molar-refractivity contribution < 1.29 is 22.0 Å². The molecule has 0 aromatic carbocycles. The van der Waals surface area contributed by atoms with Gasteiger partial charge in [0, 0.05) is 26.3 Å². The third-order valence-electron chi connectivity index (χ3n) is 1.98. The van der Waals surface area contributed by atoms with Crippen LogP contribution in [0.15, 0.2) is 12.7 Å². The SMILES string of the molecule is C=CC[Si](CC(F)C(F)F)(OC)OC. The summed E-state index contributed by atoms with van der Waals surface area (Å²) >= 11 is 0. The fraction of sp³-hybridized carbons (Fsp3) is 0.750. The van der Waals surface area contributed by atoms with Crippen molar-refractivity contribution in [1.29, 1.82) is 0 Å². The first-order chi connectivity index (χ1) is 6.51. The molecule has 0 saturated heterocycles. The van der Waals surface area contributed by atoms with Gasteiger partial charge in [0.25, 0.3) is 6.43 Å². The van der Waals surface area contributed by atoms with Crippen molar-refractivity contribution in [3.8, 4) is 0 Å². The molecule has 0 rings (SSSR count). The number of hydrogen-bond donors (Lipinski definition) is 0. The second-order valence-corrected chi connectivity index (χ2v) is 6.32. The molecule has 0 aromatic rings. The van der Waals surface area contributed by atoms with Gasteiger partial charge in [-0.25, -0.2) is 13.2 Å². The number of allylic oxidation sites excluding steroid dienone is 1. The van der Waals surface area contributed by atoms with Gasteiger partial charge in [-0.3, -0.25) is 0 Å².